The fourth-order valence-corrected chi connectivity index (χ4v) is 3.57. The molecule has 102 valence electrons. The van der Waals surface area contributed by atoms with Crippen LogP contribution in [0, 0.1) is 5.92 Å². The zero-order chi connectivity index (χ0) is 13.6. The van der Waals surface area contributed by atoms with Crippen LogP contribution in [0.4, 0.5) is 0 Å². The van der Waals surface area contributed by atoms with Crippen LogP contribution in [0.5, 0.6) is 0 Å². The minimum atomic E-state index is -0.197. The van der Waals surface area contributed by atoms with Gasteiger partial charge in [0.05, 0.1) is 11.9 Å². The van der Waals surface area contributed by atoms with Crippen molar-refractivity contribution in [3.05, 3.63) is 45.8 Å². The van der Waals surface area contributed by atoms with Crippen molar-refractivity contribution < 1.29 is 10.2 Å². The van der Waals surface area contributed by atoms with Crippen LogP contribution in [0.25, 0.3) is 0 Å². The van der Waals surface area contributed by atoms with E-state index in [9.17, 15) is 10.2 Å². The van der Waals surface area contributed by atoms with E-state index in [2.05, 4.69) is 19.1 Å². The topological polar surface area (TPSA) is 40.5 Å². The summed E-state index contributed by atoms with van der Waals surface area (Å²) >= 11 is 0. The van der Waals surface area contributed by atoms with Gasteiger partial charge >= 0.3 is 0 Å². The van der Waals surface area contributed by atoms with E-state index >= 15 is 0 Å². The molecule has 2 heteroatoms. The van der Waals surface area contributed by atoms with Crippen molar-refractivity contribution in [2.45, 2.75) is 52.1 Å². The Morgan fingerprint density at radius 1 is 1.11 bits per heavy atom. The van der Waals surface area contributed by atoms with E-state index < -0.39 is 0 Å². The van der Waals surface area contributed by atoms with Gasteiger partial charge in [-0.05, 0) is 66.9 Å². The number of aliphatic hydroxyl groups is 2. The highest BCUT2D eigenvalue weighted by Crippen LogP contribution is 2.41. The second kappa shape index (κ2) is 4.68. The molecule has 19 heavy (non-hydrogen) atoms. The summed E-state index contributed by atoms with van der Waals surface area (Å²) < 4.78 is 0. The summed E-state index contributed by atoms with van der Waals surface area (Å²) in [4.78, 5) is 0. The SMILES string of the molecule is CC1=C(O)C(C)CC(C2=CC3=C(CC2)C(O)CC3)=C1. The predicted molar refractivity (Wildman–Crippen MR) is 76.8 cm³/mol. The van der Waals surface area contributed by atoms with Crippen LogP contribution < -0.4 is 0 Å². The van der Waals surface area contributed by atoms with Gasteiger partial charge in [-0.1, -0.05) is 19.1 Å². The third kappa shape index (κ3) is 2.18. The lowest BCUT2D eigenvalue weighted by atomic mass is 9.82. The first kappa shape index (κ1) is 12.7. The zero-order valence-electron chi connectivity index (χ0n) is 11.7. The van der Waals surface area contributed by atoms with Gasteiger partial charge in [0, 0.05) is 5.92 Å². The number of allylic oxidation sites excluding steroid dienone is 7. The molecule has 2 unspecified atom stereocenters. The normalized spacial score (nSPS) is 31.3. The van der Waals surface area contributed by atoms with Gasteiger partial charge < -0.3 is 10.2 Å². The molecule has 0 saturated heterocycles. The summed E-state index contributed by atoms with van der Waals surface area (Å²) in [6, 6.07) is 0. The fourth-order valence-electron chi connectivity index (χ4n) is 3.57. The number of aliphatic hydroxyl groups excluding tert-OH is 2. The molecule has 0 aromatic carbocycles. The molecule has 2 atom stereocenters. The molecule has 0 aromatic rings. The molecule has 3 aliphatic carbocycles. The van der Waals surface area contributed by atoms with E-state index in [1.165, 1.54) is 22.3 Å². The van der Waals surface area contributed by atoms with Gasteiger partial charge in [0.1, 0.15) is 0 Å². The van der Waals surface area contributed by atoms with Gasteiger partial charge in [0.25, 0.3) is 0 Å². The molecule has 0 fully saturated rings. The molecule has 0 spiro atoms. The lowest BCUT2D eigenvalue weighted by molar-refractivity contribution is 0.208. The van der Waals surface area contributed by atoms with Gasteiger partial charge in [-0.25, -0.2) is 0 Å². The molecule has 0 aliphatic heterocycles. The van der Waals surface area contributed by atoms with Crippen molar-refractivity contribution in [3.63, 3.8) is 0 Å². The highest BCUT2D eigenvalue weighted by Gasteiger charge is 2.27. The standard InChI is InChI=1S/C17H22O2/c1-10-7-14(8-11(2)17(10)19)12-3-5-15-13(9-12)4-6-16(15)18/h7,9,11,16,18-19H,3-6,8H2,1-2H3. The monoisotopic (exact) mass is 258 g/mol. The Labute approximate surface area is 114 Å². The second-order valence-electron chi connectivity index (χ2n) is 6.12. The van der Waals surface area contributed by atoms with Crippen molar-refractivity contribution >= 4 is 0 Å². The van der Waals surface area contributed by atoms with Gasteiger partial charge in [0.2, 0.25) is 0 Å². The average Bonchev–Trinajstić information content (AvgIpc) is 2.76. The molecule has 0 radical (unpaired) electrons. The lowest BCUT2D eigenvalue weighted by Gasteiger charge is -2.25. The molecular weight excluding hydrogens is 236 g/mol. The Morgan fingerprint density at radius 2 is 1.89 bits per heavy atom. The summed E-state index contributed by atoms with van der Waals surface area (Å²) in [7, 11) is 0. The van der Waals surface area contributed by atoms with Gasteiger partial charge in [-0.15, -0.1) is 0 Å². The molecule has 0 heterocycles. The van der Waals surface area contributed by atoms with Crippen LogP contribution in [0.15, 0.2) is 45.8 Å². The summed E-state index contributed by atoms with van der Waals surface area (Å²) in [6.07, 6.45) is 9.11. The van der Waals surface area contributed by atoms with E-state index in [0.717, 1.165) is 37.7 Å². The highest BCUT2D eigenvalue weighted by molar-refractivity contribution is 5.49. The Balaban J connectivity index is 1.91. The summed E-state index contributed by atoms with van der Waals surface area (Å²) in [5.74, 6) is 0.766. The van der Waals surface area contributed by atoms with Crippen LogP contribution in [0.1, 0.15) is 46.0 Å². The van der Waals surface area contributed by atoms with Gasteiger partial charge in [-0.2, -0.15) is 0 Å². The predicted octanol–water partition coefficient (Wildman–Crippen LogP) is 3.96. The first-order valence-electron chi connectivity index (χ1n) is 7.27. The van der Waals surface area contributed by atoms with Crippen molar-refractivity contribution in [1.82, 2.24) is 0 Å². The van der Waals surface area contributed by atoms with Crippen LogP contribution in [-0.2, 0) is 0 Å². The van der Waals surface area contributed by atoms with Crippen LogP contribution >= 0.6 is 0 Å². The summed E-state index contributed by atoms with van der Waals surface area (Å²) in [6.45, 7) is 4.07. The largest absolute Gasteiger partial charge is 0.512 e. The third-order valence-electron chi connectivity index (χ3n) is 4.71. The molecule has 0 aromatic heterocycles. The molecule has 0 bridgehead atoms. The average molecular weight is 258 g/mol. The number of hydrogen-bond acceptors (Lipinski definition) is 2. The van der Waals surface area contributed by atoms with Crippen molar-refractivity contribution in [2.75, 3.05) is 0 Å². The maximum absolute atomic E-state index is 9.92. The first-order valence-corrected chi connectivity index (χ1v) is 7.27. The number of hydrogen-bond donors (Lipinski definition) is 2. The quantitative estimate of drug-likeness (QED) is 0.747. The molecule has 0 saturated carbocycles. The molecule has 2 N–H and O–H groups in total. The van der Waals surface area contributed by atoms with E-state index in [-0.39, 0.29) is 12.0 Å². The van der Waals surface area contributed by atoms with Crippen LogP contribution in [0.2, 0.25) is 0 Å². The minimum Gasteiger partial charge on any atom is -0.512 e. The van der Waals surface area contributed by atoms with E-state index in [1.807, 2.05) is 6.92 Å². The first-order chi connectivity index (χ1) is 9.06. The van der Waals surface area contributed by atoms with Crippen LogP contribution in [-0.4, -0.2) is 16.3 Å². The molecule has 3 aliphatic rings. The fraction of sp³-hybridized carbons (Fsp3) is 0.529. The number of rotatable bonds is 1. The van der Waals surface area contributed by atoms with Crippen molar-refractivity contribution in [1.29, 1.82) is 0 Å². The van der Waals surface area contributed by atoms with E-state index in [0.29, 0.717) is 5.76 Å². The molecule has 3 rings (SSSR count). The second-order valence-corrected chi connectivity index (χ2v) is 6.12. The Bertz CT molecular complexity index is 531. The van der Waals surface area contributed by atoms with Crippen LogP contribution in [0.3, 0.4) is 0 Å². The summed E-state index contributed by atoms with van der Waals surface area (Å²) in [5, 5.41) is 19.8. The summed E-state index contributed by atoms with van der Waals surface area (Å²) in [5.41, 5.74) is 6.41. The molecule has 2 nitrogen and oxygen atoms in total. The lowest BCUT2D eigenvalue weighted by Crippen LogP contribution is -2.12. The Morgan fingerprint density at radius 3 is 2.63 bits per heavy atom. The maximum Gasteiger partial charge on any atom is 0.0983 e. The minimum absolute atomic E-state index is 0.197. The van der Waals surface area contributed by atoms with E-state index in [1.54, 1.807) is 0 Å². The highest BCUT2D eigenvalue weighted by atomic mass is 16.3. The smallest absolute Gasteiger partial charge is 0.0983 e. The van der Waals surface area contributed by atoms with Gasteiger partial charge in [-0.3, -0.25) is 0 Å². The van der Waals surface area contributed by atoms with Crippen molar-refractivity contribution in [2.24, 2.45) is 5.92 Å². The maximum atomic E-state index is 9.92. The van der Waals surface area contributed by atoms with Gasteiger partial charge in [0.15, 0.2) is 0 Å². The Kier molecular flexibility index (Phi) is 3.14. The Hall–Kier alpha value is -1.28. The third-order valence-corrected chi connectivity index (χ3v) is 4.71. The van der Waals surface area contributed by atoms with Crippen molar-refractivity contribution in [3.8, 4) is 0 Å². The zero-order valence-corrected chi connectivity index (χ0v) is 11.7. The molecule has 0 amide bonds. The van der Waals surface area contributed by atoms with E-state index in [4.69, 9.17) is 0 Å². The molecular formula is C17H22O2.